The summed E-state index contributed by atoms with van der Waals surface area (Å²) in [5.74, 6) is 0.678. The van der Waals surface area contributed by atoms with E-state index >= 15 is 0 Å². The number of fused-ring (bicyclic) bond motifs is 2. The Hall–Kier alpha value is -3.94. The number of carbonyl (C=O) groups excluding carboxylic acids is 2. The molecule has 4 rings (SSSR count). The minimum atomic E-state index is -0.173. The van der Waals surface area contributed by atoms with Crippen LogP contribution in [0, 0.1) is 0 Å². The van der Waals surface area contributed by atoms with Gasteiger partial charge in [-0.05, 0) is 30.3 Å². The molecule has 0 saturated carbocycles. The van der Waals surface area contributed by atoms with E-state index in [1.54, 1.807) is 49.5 Å². The lowest BCUT2D eigenvalue weighted by Gasteiger charge is -2.21. The molecular weight excluding hydrogens is 368 g/mol. The van der Waals surface area contributed by atoms with Crippen LogP contribution in [0.25, 0.3) is 0 Å². The van der Waals surface area contributed by atoms with Crippen molar-refractivity contribution in [3.05, 3.63) is 65.9 Å². The van der Waals surface area contributed by atoms with Crippen LogP contribution in [-0.4, -0.2) is 42.9 Å². The van der Waals surface area contributed by atoms with E-state index < -0.39 is 0 Å². The van der Waals surface area contributed by atoms with Gasteiger partial charge in [-0.1, -0.05) is 18.2 Å². The normalized spacial score (nSPS) is 12.7. The highest BCUT2D eigenvalue weighted by molar-refractivity contribution is 6.13. The molecule has 0 saturated heterocycles. The summed E-state index contributed by atoms with van der Waals surface area (Å²) < 4.78 is 0. The highest BCUT2D eigenvalue weighted by atomic mass is 16.2. The number of nitrogens with one attached hydrogen (secondary N) is 2. The van der Waals surface area contributed by atoms with Crippen LogP contribution in [0.4, 0.5) is 28.8 Å². The zero-order valence-electron chi connectivity index (χ0n) is 16.3. The Bertz CT molecular complexity index is 1110. The van der Waals surface area contributed by atoms with Gasteiger partial charge < -0.3 is 20.4 Å². The molecule has 8 nitrogen and oxygen atoms in total. The minimum Gasteiger partial charge on any atom is -0.355 e. The average Bonchev–Trinajstić information content (AvgIpc) is 2.83. The summed E-state index contributed by atoms with van der Waals surface area (Å²) in [6, 6.07) is 14.5. The summed E-state index contributed by atoms with van der Waals surface area (Å²) in [6.45, 7) is 0. The van der Waals surface area contributed by atoms with Gasteiger partial charge in [-0.25, -0.2) is 4.98 Å². The van der Waals surface area contributed by atoms with Gasteiger partial charge in [0, 0.05) is 32.4 Å². The summed E-state index contributed by atoms with van der Waals surface area (Å²) >= 11 is 0. The highest BCUT2D eigenvalue weighted by Crippen LogP contribution is 2.37. The second-order valence-corrected chi connectivity index (χ2v) is 6.63. The Balaban J connectivity index is 1.73. The van der Waals surface area contributed by atoms with E-state index in [1.165, 1.54) is 0 Å². The van der Waals surface area contributed by atoms with E-state index in [1.807, 2.05) is 36.2 Å². The molecule has 1 aromatic heterocycles. The lowest BCUT2D eigenvalue weighted by atomic mass is 10.1. The summed E-state index contributed by atoms with van der Waals surface area (Å²) in [6.07, 6.45) is 1.62. The minimum absolute atomic E-state index is 0.117. The Kier molecular flexibility index (Phi) is 4.59. The predicted octanol–water partition coefficient (Wildman–Crippen LogP) is 2.94. The highest BCUT2D eigenvalue weighted by Gasteiger charge is 2.28. The molecule has 3 aromatic rings. The SMILES string of the molecule is CNC(=O)c1cccc(Nc2ncc3c(n2)N(C)c2ccccc2C(=O)N3C)c1. The van der Waals surface area contributed by atoms with Crippen molar-refractivity contribution in [2.45, 2.75) is 0 Å². The van der Waals surface area contributed by atoms with E-state index in [2.05, 4.69) is 20.6 Å². The van der Waals surface area contributed by atoms with Gasteiger partial charge in [0.05, 0.1) is 17.4 Å². The number of para-hydroxylation sites is 1. The van der Waals surface area contributed by atoms with E-state index in [0.29, 0.717) is 34.3 Å². The third kappa shape index (κ3) is 3.25. The topological polar surface area (TPSA) is 90.5 Å². The van der Waals surface area contributed by atoms with Crippen molar-refractivity contribution in [1.29, 1.82) is 0 Å². The molecule has 0 fully saturated rings. The number of rotatable bonds is 3. The van der Waals surface area contributed by atoms with Gasteiger partial charge in [-0.15, -0.1) is 0 Å². The van der Waals surface area contributed by atoms with E-state index in [9.17, 15) is 9.59 Å². The number of hydrogen-bond donors (Lipinski definition) is 2. The molecule has 8 heteroatoms. The number of carbonyl (C=O) groups is 2. The largest absolute Gasteiger partial charge is 0.355 e. The molecule has 2 N–H and O–H groups in total. The lowest BCUT2D eigenvalue weighted by molar-refractivity contribution is 0.0961. The zero-order valence-corrected chi connectivity index (χ0v) is 16.3. The molecule has 0 unspecified atom stereocenters. The third-order valence-electron chi connectivity index (χ3n) is 4.84. The molecule has 0 spiro atoms. The molecule has 146 valence electrons. The second kappa shape index (κ2) is 7.23. The molecule has 0 atom stereocenters. The van der Waals surface area contributed by atoms with E-state index in [4.69, 9.17) is 0 Å². The van der Waals surface area contributed by atoms with Gasteiger partial charge in [-0.2, -0.15) is 4.98 Å². The van der Waals surface area contributed by atoms with Crippen LogP contribution >= 0.6 is 0 Å². The van der Waals surface area contributed by atoms with Crippen LogP contribution in [0.2, 0.25) is 0 Å². The Morgan fingerprint density at radius 2 is 1.79 bits per heavy atom. The summed E-state index contributed by atoms with van der Waals surface area (Å²) in [4.78, 5) is 37.1. The summed E-state index contributed by atoms with van der Waals surface area (Å²) in [5, 5.41) is 5.73. The Morgan fingerprint density at radius 3 is 2.59 bits per heavy atom. The first kappa shape index (κ1) is 18.4. The molecule has 0 bridgehead atoms. The van der Waals surface area contributed by atoms with Gasteiger partial charge in [0.25, 0.3) is 11.8 Å². The van der Waals surface area contributed by atoms with Gasteiger partial charge in [-0.3, -0.25) is 9.59 Å². The van der Waals surface area contributed by atoms with Gasteiger partial charge in [0.2, 0.25) is 5.95 Å². The van der Waals surface area contributed by atoms with E-state index in [-0.39, 0.29) is 11.8 Å². The fraction of sp³-hybridized carbons (Fsp3) is 0.143. The lowest BCUT2D eigenvalue weighted by Crippen LogP contribution is -2.25. The molecule has 1 aliphatic rings. The molecule has 1 aliphatic heterocycles. The molecule has 0 radical (unpaired) electrons. The van der Waals surface area contributed by atoms with Gasteiger partial charge in [0.1, 0.15) is 5.69 Å². The van der Waals surface area contributed by atoms with Crippen LogP contribution in [0.1, 0.15) is 20.7 Å². The first-order valence-electron chi connectivity index (χ1n) is 9.06. The van der Waals surface area contributed by atoms with Crippen molar-refractivity contribution < 1.29 is 9.59 Å². The smallest absolute Gasteiger partial charge is 0.260 e. The van der Waals surface area contributed by atoms with Crippen LogP contribution in [0.5, 0.6) is 0 Å². The Labute approximate surface area is 168 Å². The maximum absolute atomic E-state index is 12.8. The predicted molar refractivity (Wildman–Crippen MR) is 112 cm³/mol. The van der Waals surface area contributed by atoms with Crippen molar-refractivity contribution in [1.82, 2.24) is 15.3 Å². The fourth-order valence-corrected chi connectivity index (χ4v) is 3.27. The molecular formula is C21H20N6O2. The van der Waals surface area contributed by atoms with Crippen molar-refractivity contribution in [3.63, 3.8) is 0 Å². The van der Waals surface area contributed by atoms with Crippen LogP contribution in [0.15, 0.2) is 54.7 Å². The van der Waals surface area contributed by atoms with Crippen molar-refractivity contribution in [3.8, 4) is 0 Å². The van der Waals surface area contributed by atoms with Crippen molar-refractivity contribution in [2.75, 3.05) is 36.3 Å². The molecule has 2 heterocycles. The van der Waals surface area contributed by atoms with Crippen molar-refractivity contribution in [2.24, 2.45) is 0 Å². The maximum Gasteiger partial charge on any atom is 0.260 e. The number of aromatic nitrogens is 2. The van der Waals surface area contributed by atoms with Crippen LogP contribution in [-0.2, 0) is 0 Å². The molecule has 0 aliphatic carbocycles. The number of anilines is 5. The standard InChI is InChI=1S/C21H20N6O2/c1-22-19(28)13-7-6-8-14(11-13)24-21-23-12-17-18(25-21)26(2)16-10-5-4-9-15(16)20(29)27(17)3/h4-12H,1-3H3,(H,22,28)(H,23,24,25). The van der Waals surface area contributed by atoms with Gasteiger partial charge >= 0.3 is 0 Å². The number of nitrogens with zero attached hydrogens (tertiary/aromatic N) is 4. The maximum atomic E-state index is 12.8. The van der Waals surface area contributed by atoms with E-state index in [0.717, 1.165) is 5.69 Å². The quantitative estimate of drug-likeness (QED) is 0.717. The monoisotopic (exact) mass is 388 g/mol. The van der Waals surface area contributed by atoms with Crippen LogP contribution < -0.4 is 20.4 Å². The van der Waals surface area contributed by atoms with Crippen LogP contribution in [0.3, 0.4) is 0 Å². The number of hydrogen-bond acceptors (Lipinski definition) is 6. The summed E-state index contributed by atoms with van der Waals surface area (Å²) in [7, 11) is 5.16. The van der Waals surface area contributed by atoms with Gasteiger partial charge in [0.15, 0.2) is 5.82 Å². The first-order valence-corrected chi connectivity index (χ1v) is 9.06. The van der Waals surface area contributed by atoms with Crippen molar-refractivity contribution >= 4 is 40.6 Å². The first-order chi connectivity index (χ1) is 14.0. The third-order valence-corrected chi connectivity index (χ3v) is 4.84. The molecule has 29 heavy (non-hydrogen) atoms. The number of benzene rings is 2. The zero-order chi connectivity index (χ0) is 20.5. The Morgan fingerprint density at radius 1 is 1.00 bits per heavy atom. The average molecular weight is 388 g/mol. The summed E-state index contributed by atoms with van der Waals surface area (Å²) in [5.41, 5.74) is 3.20. The second-order valence-electron chi connectivity index (χ2n) is 6.63. The number of amides is 2. The molecule has 2 amide bonds. The molecule has 2 aromatic carbocycles. The fourth-order valence-electron chi connectivity index (χ4n) is 3.27.